The number of hydrogen-bond acceptors (Lipinski definition) is 3. The van der Waals surface area contributed by atoms with Crippen molar-refractivity contribution in [2.75, 3.05) is 32.0 Å². The maximum Gasteiger partial charge on any atom is 0.238 e. The van der Waals surface area contributed by atoms with Crippen molar-refractivity contribution < 1.29 is 4.79 Å². The van der Waals surface area contributed by atoms with Crippen molar-refractivity contribution in [3.8, 4) is 0 Å². The number of benzene rings is 1. The summed E-state index contributed by atoms with van der Waals surface area (Å²) in [7, 11) is 2.00. The van der Waals surface area contributed by atoms with Gasteiger partial charge < -0.3 is 10.6 Å². The monoisotopic (exact) mass is 309 g/mol. The van der Waals surface area contributed by atoms with E-state index < -0.39 is 0 Å². The summed E-state index contributed by atoms with van der Waals surface area (Å²) < 4.78 is 0. The van der Waals surface area contributed by atoms with Gasteiger partial charge in [-0.15, -0.1) is 0 Å². The summed E-state index contributed by atoms with van der Waals surface area (Å²) >= 11 is 6.14. The van der Waals surface area contributed by atoms with Gasteiger partial charge in [-0.05, 0) is 51.4 Å². The Labute approximate surface area is 131 Å². The van der Waals surface area contributed by atoms with Crippen LogP contribution in [0.2, 0.25) is 5.02 Å². The van der Waals surface area contributed by atoms with Crippen LogP contribution in [-0.4, -0.2) is 43.0 Å². The zero-order valence-electron chi connectivity index (χ0n) is 13.0. The molecule has 116 valence electrons. The second-order valence-electron chi connectivity index (χ2n) is 6.12. The van der Waals surface area contributed by atoms with Gasteiger partial charge in [-0.3, -0.25) is 9.69 Å². The van der Waals surface area contributed by atoms with Gasteiger partial charge in [-0.1, -0.05) is 17.7 Å². The molecule has 0 aliphatic carbocycles. The molecule has 1 aromatic carbocycles. The van der Waals surface area contributed by atoms with E-state index in [4.69, 9.17) is 11.6 Å². The van der Waals surface area contributed by atoms with Gasteiger partial charge in [0.1, 0.15) is 0 Å². The first-order chi connectivity index (χ1) is 9.92. The molecule has 21 heavy (non-hydrogen) atoms. The lowest BCUT2D eigenvalue weighted by molar-refractivity contribution is -0.117. The predicted molar refractivity (Wildman–Crippen MR) is 88.0 cm³/mol. The number of carbonyl (C=O) groups is 1. The fourth-order valence-electron chi connectivity index (χ4n) is 2.57. The second kappa shape index (κ2) is 6.77. The number of likely N-dealkylation sites (tertiary alicyclic amines) is 1. The summed E-state index contributed by atoms with van der Waals surface area (Å²) in [5, 5.41) is 6.84. The maximum absolute atomic E-state index is 12.1. The molecular formula is C16H24ClN3O. The molecule has 1 aliphatic heterocycles. The highest BCUT2D eigenvalue weighted by atomic mass is 35.5. The Morgan fingerprint density at radius 2 is 2.05 bits per heavy atom. The van der Waals surface area contributed by atoms with Crippen molar-refractivity contribution in [2.24, 2.45) is 0 Å². The molecule has 4 nitrogen and oxygen atoms in total. The van der Waals surface area contributed by atoms with Crippen molar-refractivity contribution in [2.45, 2.75) is 32.2 Å². The van der Waals surface area contributed by atoms with Crippen molar-refractivity contribution in [3.05, 3.63) is 28.8 Å². The first kappa shape index (κ1) is 16.3. The number of rotatable bonds is 4. The molecule has 5 heteroatoms. The number of carbonyl (C=O) groups excluding carboxylic acids is 1. The molecule has 2 rings (SSSR count). The molecule has 1 heterocycles. The second-order valence-corrected chi connectivity index (χ2v) is 6.53. The van der Waals surface area contributed by atoms with E-state index in [1.807, 2.05) is 32.2 Å². The standard InChI is InChI=1S/C16H24ClN3O/c1-12-4-5-14(13(17)10-12)19-15(21)11-20-8-6-16(2,18-3)7-9-20/h4-5,10,18H,6-9,11H2,1-3H3,(H,19,21). The number of amides is 1. The van der Waals surface area contributed by atoms with Gasteiger partial charge in [0.15, 0.2) is 0 Å². The van der Waals surface area contributed by atoms with E-state index in [0.717, 1.165) is 31.5 Å². The van der Waals surface area contributed by atoms with Crippen molar-refractivity contribution in [1.29, 1.82) is 0 Å². The van der Waals surface area contributed by atoms with Crippen molar-refractivity contribution in [3.63, 3.8) is 0 Å². The van der Waals surface area contributed by atoms with Crippen LogP contribution in [0.1, 0.15) is 25.3 Å². The Bertz CT molecular complexity index is 510. The van der Waals surface area contributed by atoms with Crippen LogP contribution in [0.15, 0.2) is 18.2 Å². The van der Waals surface area contributed by atoms with Crippen molar-refractivity contribution in [1.82, 2.24) is 10.2 Å². The SMILES string of the molecule is CNC1(C)CCN(CC(=O)Nc2ccc(C)cc2Cl)CC1. The van der Waals surface area contributed by atoms with Crippen LogP contribution in [0, 0.1) is 6.92 Å². The molecule has 1 amide bonds. The topological polar surface area (TPSA) is 44.4 Å². The molecule has 1 aromatic rings. The van der Waals surface area contributed by atoms with Gasteiger partial charge in [0.05, 0.1) is 17.3 Å². The third kappa shape index (κ3) is 4.43. The third-order valence-corrected chi connectivity index (χ3v) is 4.64. The number of halogens is 1. The van der Waals surface area contributed by atoms with Crippen LogP contribution in [0.25, 0.3) is 0 Å². The van der Waals surface area contributed by atoms with Gasteiger partial charge in [-0.2, -0.15) is 0 Å². The van der Waals surface area contributed by atoms with E-state index in [-0.39, 0.29) is 11.4 Å². The molecule has 0 spiro atoms. The number of hydrogen-bond donors (Lipinski definition) is 2. The lowest BCUT2D eigenvalue weighted by Gasteiger charge is -2.39. The quantitative estimate of drug-likeness (QED) is 0.899. The molecule has 0 saturated carbocycles. The summed E-state index contributed by atoms with van der Waals surface area (Å²) in [5.41, 5.74) is 1.97. The molecular weight excluding hydrogens is 286 g/mol. The Hall–Kier alpha value is -1.10. The number of piperidine rings is 1. The smallest absolute Gasteiger partial charge is 0.238 e. The zero-order valence-corrected chi connectivity index (χ0v) is 13.8. The minimum Gasteiger partial charge on any atom is -0.324 e. The minimum absolute atomic E-state index is 0.00573. The highest BCUT2D eigenvalue weighted by molar-refractivity contribution is 6.33. The van der Waals surface area contributed by atoms with Gasteiger partial charge in [-0.25, -0.2) is 0 Å². The van der Waals surface area contributed by atoms with Crippen LogP contribution < -0.4 is 10.6 Å². The van der Waals surface area contributed by atoms with E-state index in [2.05, 4.69) is 22.5 Å². The molecule has 0 aromatic heterocycles. The number of aryl methyl sites for hydroxylation is 1. The van der Waals surface area contributed by atoms with E-state index in [1.165, 1.54) is 0 Å². The van der Waals surface area contributed by atoms with E-state index in [1.54, 1.807) is 0 Å². The van der Waals surface area contributed by atoms with Crippen LogP contribution in [-0.2, 0) is 4.79 Å². The molecule has 1 aliphatic rings. The van der Waals surface area contributed by atoms with E-state index >= 15 is 0 Å². The van der Waals surface area contributed by atoms with Gasteiger partial charge >= 0.3 is 0 Å². The predicted octanol–water partition coefficient (Wildman–Crippen LogP) is 2.66. The average Bonchev–Trinajstić information content (AvgIpc) is 2.45. The molecule has 0 atom stereocenters. The minimum atomic E-state index is -0.00573. The summed E-state index contributed by atoms with van der Waals surface area (Å²) in [5.74, 6) is -0.00573. The molecule has 1 fully saturated rings. The normalized spacial score (nSPS) is 18.5. The van der Waals surface area contributed by atoms with E-state index in [0.29, 0.717) is 17.3 Å². The molecule has 0 radical (unpaired) electrons. The Morgan fingerprint density at radius 1 is 1.38 bits per heavy atom. The summed E-state index contributed by atoms with van der Waals surface area (Å²) in [4.78, 5) is 14.3. The first-order valence-corrected chi connectivity index (χ1v) is 7.77. The number of anilines is 1. The van der Waals surface area contributed by atoms with Crippen molar-refractivity contribution >= 4 is 23.2 Å². The molecule has 0 unspecified atom stereocenters. The third-order valence-electron chi connectivity index (χ3n) is 4.33. The van der Waals surface area contributed by atoms with Gasteiger partial charge in [0.25, 0.3) is 0 Å². The maximum atomic E-state index is 12.1. The van der Waals surface area contributed by atoms with Crippen LogP contribution in [0.4, 0.5) is 5.69 Å². The summed E-state index contributed by atoms with van der Waals surface area (Å²) in [6.07, 6.45) is 2.12. The Morgan fingerprint density at radius 3 is 2.62 bits per heavy atom. The Balaban J connectivity index is 1.85. The lowest BCUT2D eigenvalue weighted by Crippen LogP contribution is -2.51. The molecule has 1 saturated heterocycles. The van der Waals surface area contributed by atoms with Gasteiger partial charge in [0, 0.05) is 18.6 Å². The summed E-state index contributed by atoms with van der Waals surface area (Å²) in [6, 6.07) is 5.65. The first-order valence-electron chi connectivity index (χ1n) is 7.39. The van der Waals surface area contributed by atoms with E-state index in [9.17, 15) is 4.79 Å². The largest absolute Gasteiger partial charge is 0.324 e. The highest BCUT2D eigenvalue weighted by Gasteiger charge is 2.28. The van der Waals surface area contributed by atoms with Crippen LogP contribution >= 0.6 is 11.6 Å². The summed E-state index contributed by atoms with van der Waals surface area (Å²) in [6.45, 7) is 6.50. The zero-order chi connectivity index (χ0) is 15.5. The van der Waals surface area contributed by atoms with Gasteiger partial charge in [0.2, 0.25) is 5.91 Å². The van der Waals surface area contributed by atoms with Crippen LogP contribution in [0.3, 0.4) is 0 Å². The fourth-order valence-corrected chi connectivity index (χ4v) is 2.85. The molecule has 2 N–H and O–H groups in total. The fraction of sp³-hybridized carbons (Fsp3) is 0.562. The highest BCUT2D eigenvalue weighted by Crippen LogP contribution is 2.23. The average molecular weight is 310 g/mol. The number of nitrogens with one attached hydrogen (secondary N) is 2. The van der Waals surface area contributed by atoms with Crippen LogP contribution in [0.5, 0.6) is 0 Å². The molecule has 0 bridgehead atoms. The lowest BCUT2D eigenvalue weighted by atomic mass is 9.90. The Kier molecular flexibility index (Phi) is 5.25. The number of nitrogens with zero attached hydrogens (tertiary/aromatic N) is 1.